The molecule has 1 aliphatic rings. The molecule has 7 heteroatoms. The van der Waals surface area contributed by atoms with E-state index in [-0.39, 0.29) is 24.0 Å². The molecule has 5 nitrogen and oxygen atoms in total. The van der Waals surface area contributed by atoms with Crippen LogP contribution in [0.25, 0.3) is 10.8 Å². The van der Waals surface area contributed by atoms with Crippen molar-refractivity contribution in [2.24, 2.45) is 16.6 Å². The first-order valence-electron chi connectivity index (χ1n) is 7.25. The molecule has 0 amide bonds. The summed E-state index contributed by atoms with van der Waals surface area (Å²) in [7, 11) is 0. The Morgan fingerprint density at radius 2 is 2.27 bits per heavy atom. The van der Waals surface area contributed by atoms with Gasteiger partial charge < -0.3 is 15.1 Å². The van der Waals surface area contributed by atoms with Gasteiger partial charge in [0.05, 0.1) is 18.5 Å². The van der Waals surface area contributed by atoms with Crippen molar-refractivity contribution in [3.63, 3.8) is 0 Å². The van der Waals surface area contributed by atoms with Crippen LogP contribution in [-0.4, -0.2) is 28.9 Å². The fraction of sp³-hybridized carbons (Fsp3) is 0.467. The second-order valence-electron chi connectivity index (χ2n) is 5.47. The van der Waals surface area contributed by atoms with Crippen LogP contribution >= 0.6 is 35.3 Å². The van der Waals surface area contributed by atoms with E-state index in [1.807, 2.05) is 17.5 Å². The van der Waals surface area contributed by atoms with Gasteiger partial charge in [-0.3, -0.25) is 0 Å². The highest BCUT2D eigenvalue weighted by Gasteiger charge is 2.17. The molecule has 1 aliphatic heterocycles. The third-order valence-electron chi connectivity index (χ3n) is 3.79. The Bertz CT molecular complexity index is 603. The molecule has 22 heavy (non-hydrogen) atoms. The summed E-state index contributed by atoms with van der Waals surface area (Å²) in [6.07, 6.45) is 4.04. The Hall–Kier alpha value is -1.09. The van der Waals surface area contributed by atoms with Gasteiger partial charge in [-0.15, -0.1) is 35.3 Å². The average Bonchev–Trinajstić information content (AvgIpc) is 3.16. The van der Waals surface area contributed by atoms with E-state index in [0.29, 0.717) is 12.5 Å². The molecule has 0 spiro atoms. The van der Waals surface area contributed by atoms with Gasteiger partial charge in [-0.1, -0.05) is 6.92 Å². The molecular weight excluding hydrogens is 411 g/mol. The Morgan fingerprint density at radius 3 is 2.95 bits per heavy atom. The molecule has 2 aromatic rings. The van der Waals surface area contributed by atoms with E-state index < -0.39 is 0 Å². The van der Waals surface area contributed by atoms with Crippen LogP contribution in [0.5, 0.6) is 0 Å². The van der Waals surface area contributed by atoms with Crippen LogP contribution in [0.2, 0.25) is 0 Å². The number of hydrogen-bond donors (Lipinski definition) is 1. The largest absolute Gasteiger partial charge is 0.462 e. The van der Waals surface area contributed by atoms with Crippen molar-refractivity contribution in [2.45, 2.75) is 26.3 Å². The van der Waals surface area contributed by atoms with Crippen LogP contribution in [0.3, 0.4) is 0 Å². The summed E-state index contributed by atoms with van der Waals surface area (Å²) in [6, 6.07) is 3.78. The number of nitrogens with zero attached hydrogens (tertiary/aromatic N) is 3. The van der Waals surface area contributed by atoms with Gasteiger partial charge in [0.25, 0.3) is 0 Å². The zero-order valence-corrected chi connectivity index (χ0v) is 15.7. The summed E-state index contributed by atoms with van der Waals surface area (Å²) in [5, 5.41) is 2.89. The van der Waals surface area contributed by atoms with Gasteiger partial charge in [0.2, 0.25) is 0 Å². The molecule has 0 unspecified atom stereocenters. The lowest BCUT2D eigenvalue weighted by atomic mass is 10.00. The Balaban J connectivity index is 0.00000176. The zero-order valence-electron chi connectivity index (χ0n) is 12.6. The number of furan rings is 1. The number of rotatable bonds is 3. The maximum absolute atomic E-state index is 6.08. The normalized spacial score (nSPS) is 16.6. The fourth-order valence-electron chi connectivity index (χ4n) is 2.39. The molecule has 2 N–H and O–H groups in total. The number of guanidine groups is 1. The lowest BCUT2D eigenvalue weighted by Gasteiger charge is -2.30. The molecule has 3 heterocycles. The van der Waals surface area contributed by atoms with Gasteiger partial charge in [-0.2, -0.15) is 0 Å². The van der Waals surface area contributed by atoms with E-state index in [9.17, 15) is 0 Å². The fourth-order valence-corrected chi connectivity index (χ4v) is 3.17. The van der Waals surface area contributed by atoms with Crippen molar-refractivity contribution in [2.75, 3.05) is 13.1 Å². The van der Waals surface area contributed by atoms with Crippen LogP contribution in [0.4, 0.5) is 0 Å². The standard InChI is InChI=1S/C15H20N4OS.HI/c1-11-4-6-19(7-5-11)15(16)17-9-12-10-21-14(18-12)13-3-2-8-20-13;/h2-3,8,10-11H,4-7,9H2,1H3,(H2,16,17);1H. The van der Waals surface area contributed by atoms with E-state index >= 15 is 0 Å². The Morgan fingerprint density at radius 1 is 1.50 bits per heavy atom. The van der Waals surface area contributed by atoms with E-state index in [0.717, 1.165) is 35.5 Å². The highest BCUT2D eigenvalue weighted by Crippen LogP contribution is 2.24. The van der Waals surface area contributed by atoms with Crippen molar-refractivity contribution in [3.8, 4) is 10.8 Å². The Kier molecular flexibility index (Phi) is 6.25. The van der Waals surface area contributed by atoms with Gasteiger partial charge in [0.1, 0.15) is 0 Å². The predicted octanol–water partition coefficient (Wildman–Crippen LogP) is 3.57. The molecule has 0 radical (unpaired) electrons. The van der Waals surface area contributed by atoms with Crippen LogP contribution in [-0.2, 0) is 6.54 Å². The minimum Gasteiger partial charge on any atom is -0.462 e. The van der Waals surface area contributed by atoms with Gasteiger partial charge >= 0.3 is 0 Å². The maximum atomic E-state index is 6.08. The summed E-state index contributed by atoms with van der Waals surface area (Å²) in [4.78, 5) is 11.2. The molecular formula is C15H21IN4OS. The third-order valence-corrected chi connectivity index (χ3v) is 4.70. The van der Waals surface area contributed by atoms with Gasteiger partial charge in [-0.05, 0) is 30.9 Å². The number of nitrogens with two attached hydrogens (primary N) is 1. The van der Waals surface area contributed by atoms with Crippen LogP contribution in [0.15, 0.2) is 33.2 Å². The van der Waals surface area contributed by atoms with Crippen LogP contribution in [0.1, 0.15) is 25.5 Å². The van der Waals surface area contributed by atoms with E-state index in [4.69, 9.17) is 10.2 Å². The molecule has 0 saturated carbocycles. The number of aliphatic imine (C=N–C) groups is 1. The number of likely N-dealkylation sites (tertiary alicyclic amines) is 1. The highest BCUT2D eigenvalue weighted by atomic mass is 127. The second kappa shape index (κ2) is 7.96. The summed E-state index contributed by atoms with van der Waals surface area (Å²) in [6.45, 7) is 4.82. The minimum atomic E-state index is 0. The van der Waals surface area contributed by atoms with Gasteiger partial charge in [0.15, 0.2) is 16.7 Å². The smallest absolute Gasteiger partial charge is 0.191 e. The highest BCUT2D eigenvalue weighted by molar-refractivity contribution is 14.0. The number of piperidine rings is 1. The first kappa shape index (κ1) is 17.3. The van der Waals surface area contributed by atoms with Crippen molar-refractivity contribution in [1.29, 1.82) is 0 Å². The predicted molar refractivity (Wildman–Crippen MR) is 101 cm³/mol. The number of halogens is 1. The van der Waals surface area contributed by atoms with Crippen LogP contribution in [0, 0.1) is 5.92 Å². The Labute approximate surface area is 151 Å². The molecule has 3 rings (SSSR count). The third kappa shape index (κ3) is 4.22. The van der Waals surface area contributed by atoms with E-state index in [2.05, 4.69) is 21.8 Å². The lowest BCUT2D eigenvalue weighted by Crippen LogP contribution is -2.42. The van der Waals surface area contributed by atoms with Crippen molar-refractivity contribution in [1.82, 2.24) is 9.88 Å². The second-order valence-corrected chi connectivity index (χ2v) is 6.32. The van der Waals surface area contributed by atoms with Crippen molar-refractivity contribution >= 4 is 41.3 Å². The molecule has 0 aromatic carbocycles. The SMILES string of the molecule is CC1CCN(C(N)=NCc2csc(-c3ccco3)n2)CC1.I. The van der Waals surface area contributed by atoms with Crippen LogP contribution < -0.4 is 5.73 Å². The van der Waals surface area contributed by atoms with Gasteiger partial charge in [0, 0.05) is 18.5 Å². The molecule has 1 saturated heterocycles. The van der Waals surface area contributed by atoms with Crippen molar-refractivity contribution < 1.29 is 4.42 Å². The van der Waals surface area contributed by atoms with Gasteiger partial charge in [-0.25, -0.2) is 9.98 Å². The molecule has 2 aromatic heterocycles. The average molecular weight is 432 g/mol. The topological polar surface area (TPSA) is 67.7 Å². The number of aromatic nitrogens is 1. The molecule has 0 atom stereocenters. The lowest BCUT2D eigenvalue weighted by molar-refractivity contribution is 0.277. The monoisotopic (exact) mass is 432 g/mol. The maximum Gasteiger partial charge on any atom is 0.191 e. The van der Waals surface area contributed by atoms with Crippen molar-refractivity contribution in [3.05, 3.63) is 29.5 Å². The molecule has 0 aliphatic carbocycles. The quantitative estimate of drug-likeness (QED) is 0.458. The summed E-state index contributed by atoms with van der Waals surface area (Å²) in [5.74, 6) is 2.23. The summed E-state index contributed by atoms with van der Waals surface area (Å²) in [5.41, 5.74) is 7.01. The molecule has 1 fully saturated rings. The first-order valence-corrected chi connectivity index (χ1v) is 8.13. The zero-order chi connectivity index (χ0) is 14.7. The number of hydrogen-bond acceptors (Lipinski definition) is 4. The minimum absolute atomic E-state index is 0. The molecule has 120 valence electrons. The van der Waals surface area contributed by atoms with E-state index in [1.165, 1.54) is 12.8 Å². The molecule has 0 bridgehead atoms. The first-order chi connectivity index (χ1) is 10.2. The summed E-state index contributed by atoms with van der Waals surface area (Å²) >= 11 is 1.57. The van der Waals surface area contributed by atoms with E-state index in [1.54, 1.807) is 17.6 Å². The summed E-state index contributed by atoms with van der Waals surface area (Å²) < 4.78 is 5.34. The number of thiazole rings is 1.